The molecule has 5 nitrogen and oxygen atoms in total. The van der Waals surface area contributed by atoms with Gasteiger partial charge in [0.1, 0.15) is 0 Å². The number of aliphatic carboxylic acids is 1. The zero-order chi connectivity index (χ0) is 7.56. The van der Waals surface area contributed by atoms with E-state index in [0.29, 0.717) is 0 Å². The Kier molecular flexibility index (Phi) is 1.68. The van der Waals surface area contributed by atoms with E-state index in [1.54, 1.807) is 0 Å². The molecule has 54 valence electrons. The van der Waals surface area contributed by atoms with Crippen LogP contribution in [-0.2, 0) is 4.79 Å². The highest BCUT2D eigenvalue weighted by atomic mass is 16.4. The van der Waals surface area contributed by atoms with E-state index in [1.807, 2.05) is 0 Å². The van der Waals surface area contributed by atoms with Crippen molar-refractivity contribution in [2.75, 3.05) is 0 Å². The molecule has 0 aliphatic heterocycles. The summed E-state index contributed by atoms with van der Waals surface area (Å²) in [4.78, 5) is 13.7. The van der Waals surface area contributed by atoms with Crippen molar-refractivity contribution in [1.82, 2.24) is 9.55 Å². The van der Waals surface area contributed by atoms with Gasteiger partial charge in [0.25, 0.3) is 0 Å². The molecule has 1 unspecified atom stereocenters. The molecular formula is C5H6N2O3. The van der Waals surface area contributed by atoms with Gasteiger partial charge in [0.05, 0.1) is 6.33 Å². The van der Waals surface area contributed by atoms with Crippen LogP contribution in [0.15, 0.2) is 18.7 Å². The number of nitrogens with zero attached hydrogens (tertiary/aromatic N) is 2. The van der Waals surface area contributed by atoms with Gasteiger partial charge in [-0.05, 0) is 0 Å². The van der Waals surface area contributed by atoms with Crippen molar-refractivity contribution in [2.24, 2.45) is 0 Å². The maximum absolute atomic E-state index is 10.1. The topological polar surface area (TPSA) is 75.3 Å². The molecule has 0 fully saturated rings. The number of carboxylic acid groups (broad SMARTS) is 1. The second-order valence-electron chi connectivity index (χ2n) is 1.72. The highest BCUT2D eigenvalue weighted by Gasteiger charge is 2.13. The highest BCUT2D eigenvalue weighted by Crippen LogP contribution is 1.99. The van der Waals surface area contributed by atoms with Gasteiger partial charge >= 0.3 is 5.97 Å². The summed E-state index contributed by atoms with van der Waals surface area (Å²) in [5.74, 6) is -1.29. The lowest BCUT2D eigenvalue weighted by atomic mass is 10.6. The van der Waals surface area contributed by atoms with Gasteiger partial charge in [0.15, 0.2) is 0 Å². The van der Waals surface area contributed by atoms with Crippen molar-refractivity contribution in [3.8, 4) is 0 Å². The molecule has 1 aromatic heterocycles. The number of aliphatic hydroxyl groups excluding tert-OH is 1. The van der Waals surface area contributed by atoms with Crippen LogP contribution in [0.25, 0.3) is 0 Å². The van der Waals surface area contributed by atoms with E-state index in [1.165, 1.54) is 18.7 Å². The lowest BCUT2D eigenvalue weighted by Crippen LogP contribution is -2.16. The Morgan fingerprint density at radius 3 is 2.80 bits per heavy atom. The molecule has 0 saturated heterocycles. The van der Waals surface area contributed by atoms with Crippen LogP contribution in [0.5, 0.6) is 0 Å². The van der Waals surface area contributed by atoms with Crippen molar-refractivity contribution < 1.29 is 15.0 Å². The normalized spacial score (nSPS) is 12.9. The van der Waals surface area contributed by atoms with Crippen LogP contribution in [0.3, 0.4) is 0 Å². The van der Waals surface area contributed by atoms with E-state index in [0.717, 1.165) is 4.57 Å². The first-order chi connectivity index (χ1) is 4.72. The molecule has 0 saturated carbocycles. The van der Waals surface area contributed by atoms with Gasteiger partial charge in [-0.1, -0.05) is 0 Å². The molecule has 0 radical (unpaired) electrons. The molecule has 5 heteroatoms. The smallest absolute Gasteiger partial charge is 0.354 e. The first-order valence-electron chi connectivity index (χ1n) is 2.60. The van der Waals surface area contributed by atoms with E-state index in [9.17, 15) is 4.79 Å². The Morgan fingerprint density at radius 1 is 1.70 bits per heavy atom. The van der Waals surface area contributed by atoms with Crippen molar-refractivity contribution >= 4 is 5.97 Å². The molecule has 2 N–H and O–H groups in total. The van der Waals surface area contributed by atoms with Crippen molar-refractivity contribution in [1.29, 1.82) is 0 Å². The maximum atomic E-state index is 10.1. The standard InChI is InChI=1S/C5H6N2O3/c8-4(5(9)10)7-2-1-6-3-7/h1-4,8H,(H,9,10). The molecule has 0 spiro atoms. The van der Waals surface area contributed by atoms with Crippen LogP contribution in [0.2, 0.25) is 0 Å². The number of hydrogen-bond donors (Lipinski definition) is 2. The van der Waals surface area contributed by atoms with E-state index in [2.05, 4.69) is 4.98 Å². The molecular weight excluding hydrogens is 136 g/mol. The van der Waals surface area contributed by atoms with E-state index in [-0.39, 0.29) is 0 Å². The third-order valence-electron chi connectivity index (χ3n) is 1.03. The molecule has 0 aliphatic carbocycles. The van der Waals surface area contributed by atoms with Crippen LogP contribution in [0, 0.1) is 0 Å². The summed E-state index contributed by atoms with van der Waals surface area (Å²) in [5.41, 5.74) is 0. The van der Waals surface area contributed by atoms with Crippen LogP contribution in [0.4, 0.5) is 0 Å². The summed E-state index contributed by atoms with van der Waals surface area (Å²) in [7, 11) is 0. The number of aromatic nitrogens is 2. The number of aliphatic hydroxyl groups is 1. The van der Waals surface area contributed by atoms with E-state index in [4.69, 9.17) is 10.2 Å². The summed E-state index contributed by atoms with van der Waals surface area (Å²) in [6, 6.07) is 0. The number of carbonyl (C=O) groups is 1. The van der Waals surface area contributed by atoms with E-state index < -0.39 is 12.2 Å². The van der Waals surface area contributed by atoms with Gasteiger partial charge < -0.3 is 14.8 Å². The minimum absolute atomic E-state index is 1.09. The number of carboxylic acids is 1. The second kappa shape index (κ2) is 2.49. The van der Waals surface area contributed by atoms with Crippen LogP contribution in [0.1, 0.15) is 6.23 Å². The third kappa shape index (κ3) is 1.14. The number of imidazole rings is 1. The Labute approximate surface area is 56.6 Å². The van der Waals surface area contributed by atoms with Crippen molar-refractivity contribution in [3.63, 3.8) is 0 Å². The van der Waals surface area contributed by atoms with Gasteiger partial charge in [-0.15, -0.1) is 0 Å². The van der Waals surface area contributed by atoms with Crippen molar-refractivity contribution in [2.45, 2.75) is 6.23 Å². The second-order valence-corrected chi connectivity index (χ2v) is 1.72. The largest absolute Gasteiger partial charge is 0.478 e. The van der Waals surface area contributed by atoms with Crippen LogP contribution < -0.4 is 0 Å². The van der Waals surface area contributed by atoms with Gasteiger partial charge in [0, 0.05) is 12.4 Å². The van der Waals surface area contributed by atoms with Crippen molar-refractivity contribution in [3.05, 3.63) is 18.7 Å². The average molecular weight is 142 g/mol. The van der Waals surface area contributed by atoms with E-state index >= 15 is 0 Å². The Balaban J connectivity index is 2.77. The quantitative estimate of drug-likeness (QED) is 0.581. The third-order valence-corrected chi connectivity index (χ3v) is 1.03. The summed E-state index contributed by atoms with van der Waals surface area (Å²) < 4.78 is 1.09. The lowest BCUT2D eigenvalue weighted by Gasteiger charge is -2.03. The first kappa shape index (κ1) is 6.76. The summed E-state index contributed by atoms with van der Waals surface area (Å²) >= 11 is 0. The summed E-state index contributed by atoms with van der Waals surface area (Å²) in [6.07, 6.45) is 2.48. The van der Waals surface area contributed by atoms with Gasteiger partial charge in [-0.2, -0.15) is 0 Å². The fourth-order valence-corrected chi connectivity index (χ4v) is 0.542. The SMILES string of the molecule is O=C(O)C(O)n1ccnc1. The molecule has 0 amide bonds. The fourth-order valence-electron chi connectivity index (χ4n) is 0.542. The Hall–Kier alpha value is -1.36. The van der Waals surface area contributed by atoms with Crippen LogP contribution in [-0.4, -0.2) is 25.7 Å². The summed E-state index contributed by atoms with van der Waals surface area (Å²) in [5, 5.41) is 17.1. The number of hydrogen-bond acceptors (Lipinski definition) is 3. The molecule has 0 bridgehead atoms. The molecule has 1 heterocycles. The van der Waals surface area contributed by atoms with Crippen LogP contribution >= 0.6 is 0 Å². The Morgan fingerprint density at radius 2 is 2.40 bits per heavy atom. The number of rotatable bonds is 2. The maximum Gasteiger partial charge on any atom is 0.354 e. The Bertz CT molecular complexity index is 219. The highest BCUT2D eigenvalue weighted by molar-refractivity contribution is 5.69. The monoisotopic (exact) mass is 142 g/mol. The predicted molar refractivity (Wildman–Crippen MR) is 31.1 cm³/mol. The first-order valence-corrected chi connectivity index (χ1v) is 2.60. The zero-order valence-electron chi connectivity index (χ0n) is 5.01. The summed E-state index contributed by atoms with van der Waals surface area (Å²) in [6.45, 7) is 0. The molecule has 0 aromatic carbocycles. The predicted octanol–water partition coefficient (Wildman–Crippen LogP) is -0.541. The van der Waals surface area contributed by atoms with Gasteiger partial charge in [-0.3, -0.25) is 0 Å². The molecule has 0 aliphatic rings. The lowest BCUT2D eigenvalue weighted by molar-refractivity contribution is -0.151. The molecule has 10 heavy (non-hydrogen) atoms. The average Bonchev–Trinajstić information content (AvgIpc) is 2.36. The minimum Gasteiger partial charge on any atom is -0.478 e. The molecule has 1 atom stereocenters. The fraction of sp³-hybridized carbons (Fsp3) is 0.200. The molecule has 1 rings (SSSR count). The zero-order valence-corrected chi connectivity index (χ0v) is 5.01. The minimum atomic E-state index is -1.53. The van der Waals surface area contributed by atoms with Gasteiger partial charge in [-0.25, -0.2) is 9.78 Å². The molecule has 1 aromatic rings. The van der Waals surface area contributed by atoms with Gasteiger partial charge in [0.2, 0.25) is 6.23 Å².